The zero-order valence-electron chi connectivity index (χ0n) is 15.5. The molecule has 2 aromatic carbocycles. The van der Waals surface area contributed by atoms with E-state index in [0.717, 1.165) is 18.6 Å². The van der Waals surface area contributed by atoms with Gasteiger partial charge in [-0.2, -0.15) is 4.31 Å². The predicted octanol–water partition coefficient (Wildman–Crippen LogP) is 3.99. The van der Waals surface area contributed by atoms with Crippen LogP contribution in [0, 0.1) is 11.6 Å². The Morgan fingerprint density at radius 3 is 2.45 bits per heavy atom. The Morgan fingerprint density at radius 1 is 0.966 bits per heavy atom. The third-order valence-corrected chi connectivity index (χ3v) is 6.96. The quantitative estimate of drug-likeness (QED) is 0.646. The van der Waals surface area contributed by atoms with Gasteiger partial charge in [-0.25, -0.2) is 17.2 Å². The van der Waals surface area contributed by atoms with Crippen LogP contribution < -0.4 is 0 Å². The number of sulfonamides is 1. The summed E-state index contributed by atoms with van der Waals surface area (Å²) in [6.45, 7) is 0.575. The molecule has 3 aromatic rings. The molecule has 0 aliphatic carbocycles. The molecule has 1 unspecified atom stereocenters. The van der Waals surface area contributed by atoms with Crippen LogP contribution in [-0.4, -0.2) is 35.8 Å². The maximum atomic E-state index is 14.3. The van der Waals surface area contributed by atoms with E-state index in [4.69, 9.17) is 0 Å². The van der Waals surface area contributed by atoms with Gasteiger partial charge < -0.3 is 0 Å². The highest BCUT2D eigenvalue weighted by Crippen LogP contribution is 2.34. The minimum Gasteiger partial charge on any atom is -0.257 e. The fourth-order valence-corrected chi connectivity index (χ4v) is 5.17. The third-order valence-electron chi connectivity index (χ3n) is 5.08. The molecule has 0 radical (unpaired) electrons. The molecule has 29 heavy (non-hydrogen) atoms. The van der Waals surface area contributed by atoms with E-state index in [1.807, 2.05) is 0 Å². The lowest BCUT2D eigenvalue weighted by Gasteiger charge is -2.32. The zero-order valence-corrected chi connectivity index (χ0v) is 16.3. The van der Waals surface area contributed by atoms with Crippen LogP contribution in [0.5, 0.6) is 0 Å². The molecule has 1 aliphatic rings. The Labute approximate surface area is 168 Å². The van der Waals surface area contributed by atoms with E-state index in [1.165, 1.54) is 34.9 Å². The molecular formula is C21H19F2N3O2S. The molecule has 2 heterocycles. The zero-order chi connectivity index (χ0) is 20.4. The van der Waals surface area contributed by atoms with Crippen LogP contribution in [0.2, 0.25) is 0 Å². The van der Waals surface area contributed by atoms with E-state index in [2.05, 4.69) is 9.97 Å². The van der Waals surface area contributed by atoms with Gasteiger partial charge in [0.2, 0.25) is 10.0 Å². The van der Waals surface area contributed by atoms with Gasteiger partial charge in [-0.3, -0.25) is 9.97 Å². The average Bonchev–Trinajstić information content (AvgIpc) is 2.74. The maximum Gasteiger partial charge on any atom is 0.243 e. The van der Waals surface area contributed by atoms with Crippen LogP contribution in [0.25, 0.3) is 11.3 Å². The van der Waals surface area contributed by atoms with Gasteiger partial charge in [-0.05, 0) is 49.2 Å². The molecule has 5 nitrogen and oxygen atoms in total. The summed E-state index contributed by atoms with van der Waals surface area (Å²) >= 11 is 0. The minimum absolute atomic E-state index is 0.0491. The van der Waals surface area contributed by atoms with Crippen LogP contribution in [0.4, 0.5) is 8.78 Å². The van der Waals surface area contributed by atoms with Gasteiger partial charge in [0, 0.05) is 37.0 Å². The Hall–Kier alpha value is -2.71. The molecule has 0 saturated carbocycles. The van der Waals surface area contributed by atoms with Crippen LogP contribution in [0.3, 0.4) is 0 Å². The summed E-state index contributed by atoms with van der Waals surface area (Å²) in [4.78, 5) is 8.80. The first kappa shape index (κ1) is 19.6. The molecular weight excluding hydrogens is 396 g/mol. The lowest BCUT2D eigenvalue weighted by atomic mass is 9.92. The second kappa shape index (κ2) is 7.96. The van der Waals surface area contributed by atoms with E-state index in [1.54, 1.807) is 18.2 Å². The molecule has 0 spiro atoms. The Morgan fingerprint density at radius 2 is 1.69 bits per heavy atom. The van der Waals surface area contributed by atoms with Crippen molar-refractivity contribution in [2.24, 2.45) is 0 Å². The number of halogens is 2. The van der Waals surface area contributed by atoms with Crippen LogP contribution in [0.15, 0.2) is 65.8 Å². The highest BCUT2D eigenvalue weighted by atomic mass is 32.2. The van der Waals surface area contributed by atoms with Gasteiger partial charge in [0.15, 0.2) is 0 Å². The lowest BCUT2D eigenvalue weighted by molar-refractivity contribution is 0.312. The van der Waals surface area contributed by atoms with Crippen molar-refractivity contribution in [1.29, 1.82) is 0 Å². The number of benzene rings is 2. The fourth-order valence-electron chi connectivity index (χ4n) is 3.65. The predicted molar refractivity (Wildman–Crippen MR) is 105 cm³/mol. The summed E-state index contributed by atoms with van der Waals surface area (Å²) in [5, 5.41) is 0. The highest BCUT2D eigenvalue weighted by Gasteiger charge is 2.33. The summed E-state index contributed by atoms with van der Waals surface area (Å²) in [5.74, 6) is -1.11. The van der Waals surface area contributed by atoms with Gasteiger partial charge >= 0.3 is 0 Å². The molecule has 150 valence electrons. The number of hydrogen-bond donors (Lipinski definition) is 0. The third kappa shape index (κ3) is 3.90. The number of rotatable bonds is 4. The second-order valence-corrected chi connectivity index (χ2v) is 8.86. The van der Waals surface area contributed by atoms with Gasteiger partial charge in [0.25, 0.3) is 0 Å². The maximum absolute atomic E-state index is 14.3. The molecule has 1 aromatic heterocycles. The van der Waals surface area contributed by atoms with Crippen LogP contribution in [0.1, 0.15) is 24.5 Å². The Kier molecular flexibility index (Phi) is 5.38. The van der Waals surface area contributed by atoms with Crippen molar-refractivity contribution in [3.8, 4) is 11.3 Å². The van der Waals surface area contributed by atoms with Gasteiger partial charge in [-0.1, -0.05) is 12.1 Å². The smallest absolute Gasteiger partial charge is 0.243 e. The molecule has 1 aliphatic heterocycles. The largest absolute Gasteiger partial charge is 0.257 e. The van der Waals surface area contributed by atoms with Crippen molar-refractivity contribution in [3.63, 3.8) is 0 Å². The van der Waals surface area contributed by atoms with E-state index in [0.29, 0.717) is 29.9 Å². The monoisotopic (exact) mass is 415 g/mol. The molecule has 1 saturated heterocycles. The first-order valence-electron chi connectivity index (χ1n) is 9.28. The molecule has 8 heteroatoms. The molecule has 0 N–H and O–H groups in total. The van der Waals surface area contributed by atoms with Crippen molar-refractivity contribution < 1.29 is 17.2 Å². The minimum atomic E-state index is -3.76. The van der Waals surface area contributed by atoms with Crippen molar-refractivity contribution in [2.45, 2.75) is 23.7 Å². The summed E-state index contributed by atoms with van der Waals surface area (Å²) < 4.78 is 54.9. The summed E-state index contributed by atoms with van der Waals surface area (Å²) in [7, 11) is -3.76. The topological polar surface area (TPSA) is 63.2 Å². The molecule has 0 amide bonds. The number of aromatic nitrogens is 2. The lowest BCUT2D eigenvalue weighted by Crippen LogP contribution is -2.39. The Bertz CT molecular complexity index is 1120. The van der Waals surface area contributed by atoms with E-state index >= 15 is 0 Å². The first-order valence-corrected chi connectivity index (χ1v) is 10.7. The van der Waals surface area contributed by atoms with Crippen molar-refractivity contribution >= 4 is 10.0 Å². The summed E-state index contributed by atoms with van der Waals surface area (Å²) in [6.07, 6.45) is 4.39. The average molecular weight is 415 g/mol. The van der Waals surface area contributed by atoms with Crippen molar-refractivity contribution in [1.82, 2.24) is 14.3 Å². The SMILES string of the molecule is O=S(=O)(c1ccc(F)cc1)N1CCCC(c2nccnc2-c2ccccc2F)C1. The Balaban J connectivity index is 1.66. The summed E-state index contributed by atoms with van der Waals surface area (Å²) in [6, 6.07) is 11.1. The van der Waals surface area contributed by atoms with Gasteiger partial charge in [0.1, 0.15) is 11.6 Å². The number of hydrogen-bond acceptors (Lipinski definition) is 4. The van der Waals surface area contributed by atoms with E-state index in [9.17, 15) is 17.2 Å². The van der Waals surface area contributed by atoms with E-state index < -0.39 is 21.7 Å². The molecule has 4 rings (SSSR count). The summed E-state index contributed by atoms with van der Waals surface area (Å²) in [5.41, 5.74) is 1.35. The van der Waals surface area contributed by atoms with Crippen LogP contribution >= 0.6 is 0 Å². The number of piperidine rings is 1. The van der Waals surface area contributed by atoms with Gasteiger partial charge in [-0.15, -0.1) is 0 Å². The van der Waals surface area contributed by atoms with E-state index in [-0.39, 0.29) is 17.4 Å². The fraction of sp³-hybridized carbons (Fsp3) is 0.238. The standard InChI is InChI=1S/C21H19F2N3O2S/c22-16-7-9-17(10-8-16)29(27,28)26-13-3-4-15(14-26)20-21(25-12-11-24-20)18-5-1-2-6-19(18)23/h1-2,5-12,15H,3-4,13-14H2. The van der Waals surface area contributed by atoms with Crippen molar-refractivity contribution in [3.05, 3.63) is 78.3 Å². The first-order chi connectivity index (χ1) is 14.0. The molecule has 1 fully saturated rings. The molecule has 1 atom stereocenters. The molecule has 0 bridgehead atoms. The van der Waals surface area contributed by atoms with Gasteiger partial charge in [0.05, 0.1) is 16.3 Å². The number of nitrogens with zero attached hydrogens (tertiary/aromatic N) is 3. The van der Waals surface area contributed by atoms with Crippen LogP contribution in [-0.2, 0) is 10.0 Å². The normalized spacial score (nSPS) is 17.9. The van der Waals surface area contributed by atoms with Crippen molar-refractivity contribution in [2.75, 3.05) is 13.1 Å². The second-order valence-electron chi connectivity index (χ2n) is 6.93. The highest BCUT2D eigenvalue weighted by molar-refractivity contribution is 7.89.